The van der Waals surface area contributed by atoms with Gasteiger partial charge in [0, 0.05) is 12.2 Å². The van der Waals surface area contributed by atoms with Crippen molar-refractivity contribution >= 4 is 5.91 Å². The number of ether oxygens (including phenoxy) is 1. The fourth-order valence-electron chi connectivity index (χ4n) is 2.77. The Bertz CT molecular complexity index is 458. The molecule has 2 atom stereocenters. The molecule has 3 heterocycles. The summed E-state index contributed by atoms with van der Waals surface area (Å²) in [6.07, 6.45) is 10.8. The van der Waals surface area contributed by atoms with Crippen LogP contribution in [0.3, 0.4) is 0 Å². The second-order valence-corrected chi connectivity index (χ2v) is 4.74. The number of amides is 1. The van der Waals surface area contributed by atoms with E-state index < -0.39 is 0 Å². The van der Waals surface area contributed by atoms with Crippen molar-refractivity contribution in [2.75, 3.05) is 6.61 Å². The summed E-state index contributed by atoms with van der Waals surface area (Å²) in [6, 6.07) is 4.27. The van der Waals surface area contributed by atoms with Crippen LogP contribution in [-0.2, 0) is 4.79 Å². The van der Waals surface area contributed by atoms with Crippen LogP contribution in [0, 0.1) is 0 Å². The first kappa shape index (κ1) is 11.3. The highest BCUT2D eigenvalue weighted by molar-refractivity contribution is 5.79. The Morgan fingerprint density at radius 2 is 2.44 bits per heavy atom. The summed E-state index contributed by atoms with van der Waals surface area (Å²) in [4.78, 5) is 18.1. The predicted molar refractivity (Wildman–Crippen MR) is 67.1 cm³/mol. The van der Waals surface area contributed by atoms with Gasteiger partial charge in [0.1, 0.15) is 5.75 Å². The van der Waals surface area contributed by atoms with Gasteiger partial charge >= 0.3 is 0 Å². The first-order valence-electron chi connectivity index (χ1n) is 6.35. The molecule has 2 bridgehead atoms. The first-order valence-corrected chi connectivity index (χ1v) is 6.35. The van der Waals surface area contributed by atoms with Crippen molar-refractivity contribution in [3.05, 3.63) is 36.7 Å². The van der Waals surface area contributed by atoms with Crippen molar-refractivity contribution in [2.45, 2.75) is 31.3 Å². The molecule has 0 N–H and O–H groups in total. The van der Waals surface area contributed by atoms with E-state index in [-0.39, 0.29) is 18.6 Å². The summed E-state index contributed by atoms with van der Waals surface area (Å²) in [5.74, 6) is 0.724. The first-order chi connectivity index (χ1) is 8.84. The molecule has 1 saturated heterocycles. The maximum atomic E-state index is 12.2. The summed E-state index contributed by atoms with van der Waals surface area (Å²) < 4.78 is 5.47. The fourth-order valence-corrected chi connectivity index (χ4v) is 2.77. The molecule has 0 spiro atoms. The van der Waals surface area contributed by atoms with E-state index in [2.05, 4.69) is 17.1 Å². The van der Waals surface area contributed by atoms with Crippen molar-refractivity contribution in [2.24, 2.45) is 0 Å². The highest BCUT2D eigenvalue weighted by Crippen LogP contribution is 2.31. The van der Waals surface area contributed by atoms with Gasteiger partial charge in [-0.25, -0.2) is 0 Å². The third kappa shape index (κ3) is 2.10. The number of pyridine rings is 1. The second kappa shape index (κ2) is 4.80. The lowest BCUT2D eigenvalue weighted by Crippen LogP contribution is -2.44. The van der Waals surface area contributed by atoms with Crippen molar-refractivity contribution < 1.29 is 9.53 Å². The quantitative estimate of drug-likeness (QED) is 0.761. The Labute approximate surface area is 106 Å². The van der Waals surface area contributed by atoms with Crippen LogP contribution < -0.4 is 4.74 Å². The van der Waals surface area contributed by atoms with Gasteiger partial charge in [-0.05, 0) is 31.4 Å². The number of rotatable bonds is 3. The van der Waals surface area contributed by atoms with Gasteiger partial charge in [0.05, 0.1) is 12.2 Å². The van der Waals surface area contributed by atoms with E-state index in [0.717, 1.165) is 19.3 Å². The van der Waals surface area contributed by atoms with E-state index in [1.165, 1.54) is 0 Å². The smallest absolute Gasteiger partial charge is 0.261 e. The maximum absolute atomic E-state index is 12.2. The zero-order valence-corrected chi connectivity index (χ0v) is 10.2. The average Bonchev–Trinajstić information content (AvgIpc) is 2.67. The van der Waals surface area contributed by atoms with Crippen molar-refractivity contribution in [3.8, 4) is 5.75 Å². The van der Waals surface area contributed by atoms with Gasteiger partial charge < -0.3 is 9.64 Å². The van der Waals surface area contributed by atoms with Crippen LogP contribution in [0.15, 0.2) is 36.7 Å². The van der Waals surface area contributed by atoms with Crippen LogP contribution in [-0.4, -0.2) is 34.5 Å². The molecule has 1 aromatic rings. The molecule has 1 amide bonds. The Hall–Kier alpha value is -1.84. The summed E-state index contributed by atoms with van der Waals surface area (Å²) >= 11 is 0. The number of carbonyl (C=O) groups excluding carboxylic acids is 1. The van der Waals surface area contributed by atoms with Gasteiger partial charge in [0.25, 0.3) is 5.91 Å². The van der Waals surface area contributed by atoms with E-state index in [1.807, 2.05) is 11.0 Å². The minimum absolute atomic E-state index is 0.0794. The normalized spacial score (nSPS) is 25.2. The lowest BCUT2D eigenvalue weighted by molar-refractivity contribution is -0.135. The fraction of sp³-hybridized carbons (Fsp3) is 0.429. The molecule has 0 saturated carbocycles. The van der Waals surface area contributed by atoms with E-state index in [9.17, 15) is 4.79 Å². The predicted octanol–water partition coefficient (Wildman–Crippen LogP) is 1.78. The molecule has 2 aliphatic heterocycles. The Balaban J connectivity index is 1.61. The Morgan fingerprint density at radius 1 is 1.50 bits per heavy atom. The molecule has 94 valence electrons. The number of nitrogens with zero attached hydrogens (tertiary/aromatic N) is 2. The van der Waals surface area contributed by atoms with Gasteiger partial charge in [0.2, 0.25) is 0 Å². The molecule has 2 aliphatic rings. The number of hydrogen-bond donors (Lipinski definition) is 0. The van der Waals surface area contributed by atoms with E-state index in [4.69, 9.17) is 4.74 Å². The van der Waals surface area contributed by atoms with Crippen LogP contribution in [0.25, 0.3) is 0 Å². The lowest BCUT2D eigenvalue weighted by Gasteiger charge is -2.31. The van der Waals surface area contributed by atoms with Gasteiger partial charge in [-0.1, -0.05) is 12.2 Å². The van der Waals surface area contributed by atoms with Crippen LogP contribution in [0.2, 0.25) is 0 Å². The van der Waals surface area contributed by atoms with E-state index in [1.54, 1.807) is 18.5 Å². The largest absolute Gasteiger partial charge is 0.482 e. The van der Waals surface area contributed by atoms with Crippen LogP contribution in [0.5, 0.6) is 5.75 Å². The van der Waals surface area contributed by atoms with Crippen molar-refractivity contribution in [3.63, 3.8) is 0 Å². The molecule has 2 unspecified atom stereocenters. The number of hydrogen-bond acceptors (Lipinski definition) is 3. The Morgan fingerprint density at radius 3 is 3.22 bits per heavy atom. The topological polar surface area (TPSA) is 42.4 Å². The molecule has 18 heavy (non-hydrogen) atoms. The number of aromatic nitrogens is 1. The third-order valence-electron chi connectivity index (χ3n) is 3.60. The zero-order chi connectivity index (χ0) is 12.4. The molecule has 4 heteroatoms. The molecule has 1 fully saturated rings. The van der Waals surface area contributed by atoms with Gasteiger partial charge in [-0.15, -0.1) is 0 Å². The molecule has 0 aromatic carbocycles. The van der Waals surface area contributed by atoms with E-state index in [0.29, 0.717) is 11.8 Å². The van der Waals surface area contributed by atoms with Gasteiger partial charge in [0.15, 0.2) is 6.61 Å². The number of fused-ring (bicyclic) bond motifs is 2. The van der Waals surface area contributed by atoms with Crippen molar-refractivity contribution in [1.82, 2.24) is 9.88 Å². The minimum Gasteiger partial charge on any atom is -0.482 e. The highest BCUT2D eigenvalue weighted by Gasteiger charge is 2.36. The third-order valence-corrected chi connectivity index (χ3v) is 3.60. The molecule has 0 aliphatic carbocycles. The van der Waals surface area contributed by atoms with Crippen LogP contribution in [0.1, 0.15) is 19.3 Å². The molecule has 1 aromatic heterocycles. The van der Waals surface area contributed by atoms with Gasteiger partial charge in [-0.3, -0.25) is 9.78 Å². The zero-order valence-electron chi connectivity index (χ0n) is 10.2. The van der Waals surface area contributed by atoms with Crippen LogP contribution in [0.4, 0.5) is 0 Å². The van der Waals surface area contributed by atoms with E-state index >= 15 is 0 Å². The molecule has 0 radical (unpaired) electrons. The molecule has 3 rings (SSSR count). The lowest BCUT2D eigenvalue weighted by atomic mass is 10.1. The van der Waals surface area contributed by atoms with Crippen LogP contribution >= 0.6 is 0 Å². The summed E-state index contributed by atoms with van der Waals surface area (Å²) in [5, 5.41) is 0. The molecular formula is C14H16N2O2. The standard InChI is InChI=1S/C14H16N2O2/c17-14(10-18-13-5-2-8-15-9-13)16-11-3-1-4-12(16)7-6-11/h1-3,5,8-9,11-12H,4,6-7,10H2. The molecule has 4 nitrogen and oxygen atoms in total. The molecular weight excluding hydrogens is 228 g/mol. The number of carbonyl (C=O) groups is 1. The van der Waals surface area contributed by atoms with Crippen molar-refractivity contribution in [1.29, 1.82) is 0 Å². The SMILES string of the molecule is O=C(COc1cccnc1)N1C2C=CCC1CC2. The summed E-state index contributed by atoms with van der Waals surface area (Å²) in [5.41, 5.74) is 0. The minimum atomic E-state index is 0.0794. The maximum Gasteiger partial charge on any atom is 0.261 e. The van der Waals surface area contributed by atoms with Gasteiger partial charge in [-0.2, -0.15) is 0 Å². The average molecular weight is 244 g/mol. The highest BCUT2D eigenvalue weighted by atomic mass is 16.5. The summed E-state index contributed by atoms with van der Waals surface area (Å²) in [7, 11) is 0. The summed E-state index contributed by atoms with van der Waals surface area (Å²) in [6.45, 7) is 0.104. The second-order valence-electron chi connectivity index (χ2n) is 4.74. The Kier molecular flexibility index (Phi) is 3.00. The monoisotopic (exact) mass is 244 g/mol.